The highest BCUT2D eigenvalue weighted by Gasteiger charge is 2.32. The molecule has 4 heterocycles. The fourth-order valence-electron chi connectivity index (χ4n) is 8.33. The van der Waals surface area contributed by atoms with Crippen LogP contribution in [0.15, 0.2) is 42.7 Å². The summed E-state index contributed by atoms with van der Waals surface area (Å²) in [5.41, 5.74) is 5.90. The second-order valence-corrected chi connectivity index (χ2v) is 15.8. The lowest BCUT2D eigenvalue weighted by Gasteiger charge is -2.41. The summed E-state index contributed by atoms with van der Waals surface area (Å²) in [6.45, 7) is 13.7. The standard InChI is InChI=1S/C40H55N5O3/c1-28-18-29(2)20-34(19-28)36-21-31(26-44-15-10-30(11-16-44)23-38(46)47)22-37(43-36)48-35-24-41-39(42-25-35)45-17-12-32-8-6-5-7-13-40(3,4)14-9-33(32)27-45/h18-22,24-25,30,32-33H,5-17,23,26-27H2,1-4H3,(H,46,47). The summed E-state index contributed by atoms with van der Waals surface area (Å²) < 4.78 is 6.36. The molecule has 1 N–H and O–H groups in total. The van der Waals surface area contributed by atoms with E-state index in [1.165, 1.54) is 62.5 Å². The van der Waals surface area contributed by atoms with Gasteiger partial charge < -0.3 is 14.7 Å². The molecule has 2 aromatic heterocycles. The summed E-state index contributed by atoms with van der Waals surface area (Å²) in [5.74, 6) is 2.99. The quantitative estimate of drug-likeness (QED) is 0.258. The monoisotopic (exact) mass is 653 g/mol. The fraction of sp³-hybridized carbons (Fsp3) is 0.600. The van der Waals surface area contributed by atoms with Crippen LogP contribution >= 0.6 is 0 Å². The van der Waals surface area contributed by atoms with Gasteiger partial charge in [-0.15, -0.1) is 0 Å². The number of benzene rings is 1. The van der Waals surface area contributed by atoms with Crippen LogP contribution in [-0.2, 0) is 11.3 Å². The summed E-state index contributed by atoms with van der Waals surface area (Å²) in [6, 6.07) is 10.7. The molecule has 48 heavy (non-hydrogen) atoms. The second kappa shape index (κ2) is 15.4. The molecule has 2 saturated heterocycles. The molecule has 2 unspecified atom stereocenters. The van der Waals surface area contributed by atoms with Gasteiger partial charge in [-0.25, -0.2) is 15.0 Å². The second-order valence-electron chi connectivity index (χ2n) is 15.8. The van der Waals surface area contributed by atoms with Gasteiger partial charge in [0.2, 0.25) is 11.8 Å². The van der Waals surface area contributed by atoms with E-state index < -0.39 is 5.97 Å². The van der Waals surface area contributed by atoms with Crippen LogP contribution in [0.5, 0.6) is 11.6 Å². The molecule has 1 aromatic carbocycles. The zero-order valence-corrected chi connectivity index (χ0v) is 29.6. The smallest absolute Gasteiger partial charge is 0.303 e. The van der Waals surface area contributed by atoms with Crippen molar-refractivity contribution in [1.29, 1.82) is 0 Å². The molecule has 8 nitrogen and oxygen atoms in total. The first-order valence-corrected chi connectivity index (χ1v) is 18.4. The summed E-state index contributed by atoms with van der Waals surface area (Å²) in [7, 11) is 0. The van der Waals surface area contributed by atoms with Crippen LogP contribution in [0, 0.1) is 37.0 Å². The Balaban J connectivity index is 1.16. The number of carbonyl (C=O) groups is 1. The minimum Gasteiger partial charge on any atom is -0.481 e. The number of rotatable bonds is 8. The summed E-state index contributed by atoms with van der Waals surface area (Å²) in [5, 5.41) is 9.22. The Labute approximate surface area is 287 Å². The average molecular weight is 654 g/mol. The highest BCUT2D eigenvalue weighted by molar-refractivity contribution is 5.67. The number of pyridine rings is 1. The van der Waals surface area contributed by atoms with Gasteiger partial charge in [0.05, 0.1) is 18.1 Å². The van der Waals surface area contributed by atoms with Crippen molar-refractivity contribution in [3.05, 3.63) is 59.4 Å². The molecule has 2 aliphatic heterocycles. The van der Waals surface area contributed by atoms with Crippen molar-refractivity contribution in [1.82, 2.24) is 19.9 Å². The maximum Gasteiger partial charge on any atom is 0.303 e. The van der Waals surface area contributed by atoms with Crippen LogP contribution in [0.3, 0.4) is 0 Å². The minimum absolute atomic E-state index is 0.258. The van der Waals surface area contributed by atoms with Gasteiger partial charge in [-0.05, 0) is 112 Å². The lowest BCUT2D eigenvalue weighted by atomic mass is 9.73. The van der Waals surface area contributed by atoms with Crippen molar-refractivity contribution in [2.45, 2.75) is 105 Å². The van der Waals surface area contributed by atoms with E-state index in [4.69, 9.17) is 19.7 Å². The topological polar surface area (TPSA) is 91.7 Å². The summed E-state index contributed by atoms with van der Waals surface area (Å²) >= 11 is 0. The van der Waals surface area contributed by atoms with Crippen LogP contribution in [0.4, 0.5) is 5.95 Å². The number of aryl methyl sites for hydroxylation is 2. The summed E-state index contributed by atoms with van der Waals surface area (Å²) in [6.07, 6.45) is 16.3. The third kappa shape index (κ3) is 9.34. The van der Waals surface area contributed by atoms with E-state index in [9.17, 15) is 9.90 Å². The third-order valence-corrected chi connectivity index (χ3v) is 11.1. The first-order valence-electron chi connectivity index (χ1n) is 18.4. The highest BCUT2D eigenvalue weighted by atomic mass is 16.5. The number of nitrogens with zero attached hydrogens (tertiary/aromatic N) is 5. The number of carboxylic acids is 1. The lowest BCUT2D eigenvalue weighted by Crippen LogP contribution is -2.42. The Kier molecular flexibility index (Phi) is 11.0. The molecular formula is C40H55N5O3. The van der Waals surface area contributed by atoms with E-state index >= 15 is 0 Å². The number of ether oxygens (including phenoxy) is 1. The molecule has 3 aliphatic rings. The zero-order valence-electron chi connectivity index (χ0n) is 29.6. The third-order valence-electron chi connectivity index (χ3n) is 11.1. The molecule has 8 heteroatoms. The molecule has 3 fully saturated rings. The van der Waals surface area contributed by atoms with Crippen LogP contribution < -0.4 is 9.64 Å². The molecule has 1 saturated carbocycles. The van der Waals surface area contributed by atoms with E-state index in [1.54, 1.807) is 12.4 Å². The van der Waals surface area contributed by atoms with E-state index in [-0.39, 0.29) is 12.3 Å². The van der Waals surface area contributed by atoms with Crippen LogP contribution in [-0.4, -0.2) is 57.1 Å². The molecule has 0 amide bonds. The van der Waals surface area contributed by atoms with Crippen molar-refractivity contribution in [3.63, 3.8) is 0 Å². The van der Waals surface area contributed by atoms with E-state index in [2.05, 4.69) is 61.8 Å². The molecule has 0 bridgehead atoms. The van der Waals surface area contributed by atoms with Crippen molar-refractivity contribution in [3.8, 4) is 22.9 Å². The van der Waals surface area contributed by atoms with Crippen molar-refractivity contribution in [2.24, 2.45) is 23.2 Å². The molecule has 258 valence electrons. The first-order chi connectivity index (χ1) is 23.1. The number of anilines is 1. The van der Waals surface area contributed by atoms with E-state index in [0.717, 1.165) is 74.3 Å². The normalized spacial score (nSPS) is 22.5. The predicted molar refractivity (Wildman–Crippen MR) is 191 cm³/mol. The van der Waals surface area contributed by atoms with Gasteiger partial charge in [-0.1, -0.05) is 56.7 Å². The van der Waals surface area contributed by atoms with Crippen LogP contribution in [0.1, 0.15) is 101 Å². The Hall–Kier alpha value is -3.52. The summed E-state index contributed by atoms with van der Waals surface area (Å²) in [4.78, 5) is 30.6. The number of aliphatic carboxylic acids is 1. The molecular weight excluding hydrogens is 598 g/mol. The largest absolute Gasteiger partial charge is 0.481 e. The molecule has 0 radical (unpaired) electrons. The van der Waals surface area contributed by atoms with E-state index in [1.807, 2.05) is 6.07 Å². The van der Waals surface area contributed by atoms with E-state index in [0.29, 0.717) is 23.0 Å². The van der Waals surface area contributed by atoms with Gasteiger partial charge in [0.1, 0.15) is 0 Å². The fourth-order valence-corrected chi connectivity index (χ4v) is 8.33. The van der Waals surface area contributed by atoms with Gasteiger partial charge in [-0.2, -0.15) is 0 Å². The van der Waals surface area contributed by atoms with Crippen molar-refractivity contribution < 1.29 is 14.6 Å². The van der Waals surface area contributed by atoms with Gasteiger partial charge >= 0.3 is 5.97 Å². The molecule has 2 atom stereocenters. The molecule has 6 rings (SSSR count). The zero-order chi connectivity index (χ0) is 33.7. The number of likely N-dealkylation sites (tertiary alicyclic amines) is 1. The van der Waals surface area contributed by atoms with Gasteiger partial charge in [0.15, 0.2) is 5.75 Å². The molecule has 1 aliphatic carbocycles. The first kappa shape index (κ1) is 34.3. The van der Waals surface area contributed by atoms with Gasteiger partial charge in [0.25, 0.3) is 0 Å². The Morgan fingerprint density at radius 1 is 0.875 bits per heavy atom. The number of piperidine rings is 2. The Morgan fingerprint density at radius 3 is 2.35 bits per heavy atom. The molecule has 3 aromatic rings. The Morgan fingerprint density at radius 2 is 1.62 bits per heavy atom. The number of carboxylic acid groups (broad SMARTS) is 1. The lowest BCUT2D eigenvalue weighted by molar-refractivity contribution is -0.138. The van der Waals surface area contributed by atoms with Crippen molar-refractivity contribution >= 4 is 11.9 Å². The number of fused-ring (bicyclic) bond motifs is 1. The predicted octanol–water partition coefficient (Wildman–Crippen LogP) is 8.85. The average Bonchev–Trinajstić information content (AvgIpc) is 3.04. The molecule has 0 spiro atoms. The van der Waals surface area contributed by atoms with Gasteiger partial charge in [-0.3, -0.25) is 9.69 Å². The highest BCUT2D eigenvalue weighted by Crippen LogP contribution is 2.39. The number of hydrogen-bond acceptors (Lipinski definition) is 7. The van der Waals surface area contributed by atoms with Crippen LogP contribution in [0.2, 0.25) is 0 Å². The Bertz CT molecular complexity index is 1510. The van der Waals surface area contributed by atoms with Gasteiger partial charge in [0, 0.05) is 37.7 Å². The van der Waals surface area contributed by atoms with Crippen LogP contribution in [0.25, 0.3) is 11.3 Å². The minimum atomic E-state index is -0.700. The SMILES string of the molecule is Cc1cc(C)cc(-c2cc(CN3CCC(CC(=O)O)CC3)cc(Oc3cnc(N4CCC5CCCCCC(C)(C)CCC5C4)nc3)n2)c1. The number of hydrogen-bond donors (Lipinski definition) is 1. The maximum absolute atomic E-state index is 11.2. The maximum atomic E-state index is 11.2. The number of aromatic nitrogens is 3. The van der Waals surface area contributed by atoms with Crippen molar-refractivity contribution in [2.75, 3.05) is 31.1 Å².